The Labute approximate surface area is 116 Å². The summed E-state index contributed by atoms with van der Waals surface area (Å²) in [5, 5.41) is 3.09. The molecule has 110 valence electrons. The topological polar surface area (TPSA) is 47.6 Å². The first-order chi connectivity index (χ1) is 9.58. The molecule has 0 bridgehead atoms. The molecule has 1 aliphatic heterocycles. The summed E-state index contributed by atoms with van der Waals surface area (Å²) < 4.78 is 35.9. The molecular weight excluding hydrogens is 268 g/mol. The van der Waals surface area contributed by atoms with E-state index in [2.05, 4.69) is 5.32 Å². The summed E-state index contributed by atoms with van der Waals surface area (Å²) in [7, 11) is 2.66. The molecule has 1 aromatic rings. The Balaban J connectivity index is 2.43. The molecule has 1 aromatic carbocycles. The van der Waals surface area contributed by atoms with Gasteiger partial charge in [0, 0.05) is 0 Å². The normalized spacial score (nSPS) is 18.4. The number of hydrogen-bond donors (Lipinski definition) is 1. The van der Waals surface area contributed by atoms with Gasteiger partial charge in [0.05, 0.1) is 31.4 Å². The van der Waals surface area contributed by atoms with Crippen LogP contribution in [0.15, 0.2) is 12.1 Å². The van der Waals surface area contributed by atoms with Crippen LogP contribution in [0.2, 0.25) is 0 Å². The van der Waals surface area contributed by atoms with E-state index in [9.17, 15) is 13.6 Å². The lowest BCUT2D eigenvalue weighted by atomic mass is 9.99. The lowest BCUT2D eigenvalue weighted by Gasteiger charge is -2.16. The van der Waals surface area contributed by atoms with E-state index in [1.54, 1.807) is 0 Å². The molecule has 1 aliphatic rings. The fourth-order valence-corrected chi connectivity index (χ4v) is 2.38. The molecule has 2 rings (SSSR count). The van der Waals surface area contributed by atoms with Gasteiger partial charge in [0.15, 0.2) is 5.78 Å². The van der Waals surface area contributed by atoms with Gasteiger partial charge < -0.3 is 14.8 Å². The van der Waals surface area contributed by atoms with Crippen LogP contribution in [-0.2, 0) is 0 Å². The number of hydrogen-bond acceptors (Lipinski definition) is 4. The number of ketones is 1. The lowest BCUT2D eigenvalue weighted by Crippen LogP contribution is -2.31. The molecule has 0 spiro atoms. The molecule has 0 saturated carbocycles. The van der Waals surface area contributed by atoms with E-state index >= 15 is 0 Å². The number of methoxy groups -OCH3 is 2. The van der Waals surface area contributed by atoms with Crippen LogP contribution in [0.1, 0.15) is 35.2 Å². The van der Waals surface area contributed by atoms with Crippen molar-refractivity contribution in [1.29, 1.82) is 0 Å². The Kier molecular flexibility index (Phi) is 4.54. The number of ether oxygens (including phenoxy) is 2. The summed E-state index contributed by atoms with van der Waals surface area (Å²) in [5.74, 6) is 0.000383. The molecule has 1 unspecified atom stereocenters. The van der Waals surface area contributed by atoms with Gasteiger partial charge in [-0.25, -0.2) is 8.78 Å². The van der Waals surface area contributed by atoms with E-state index in [0.717, 1.165) is 19.4 Å². The largest absolute Gasteiger partial charge is 0.496 e. The molecule has 4 nitrogen and oxygen atoms in total. The molecule has 1 heterocycles. The van der Waals surface area contributed by atoms with E-state index in [0.29, 0.717) is 0 Å². The number of halogens is 2. The zero-order chi connectivity index (χ0) is 14.7. The van der Waals surface area contributed by atoms with Gasteiger partial charge in [-0.2, -0.15) is 0 Å². The molecule has 6 heteroatoms. The maximum Gasteiger partial charge on any atom is 0.267 e. The third kappa shape index (κ3) is 2.75. The van der Waals surface area contributed by atoms with Crippen molar-refractivity contribution in [2.24, 2.45) is 0 Å². The van der Waals surface area contributed by atoms with E-state index in [4.69, 9.17) is 9.47 Å². The van der Waals surface area contributed by atoms with Crippen LogP contribution in [0.3, 0.4) is 0 Å². The van der Waals surface area contributed by atoms with Crippen LogP contribution in [0.4, 0.5) is 8.78 Å². The van der Waals surface area contributed by atoms with Crippen LogP contribution < -0.4 is 14.8 Å². The quantitative estimate of drug-likeness (QED) is 0.845. The Morgan fingerprint density at radius 2 is 2.00 bits per heavy atom. The zero-order valence-electron chi connectivity index (χ0n) is 11.4. The highest BCUT2D eigenvalue weighted by Crippen LogP contribution is 2.36. The maximum atomic E-state index is 12.9. The van der Waals surface area contributed by atoms with E-state index in [1.807, 2.05) is 0 Å². The highest BCUT2D eigenvalue weighted by atomic mass is 19.3. The summed E-state index contributed by atoms with van der Waals surface area (Å²) >= 11 is 0. The molecule has 0 aliphatic carbocycles. The van der Waals surface area contributed by atoms with Gasteiger partial charge in [0.1, 0.15) is 11.5 Å². The number of Topliss-reactive ketones (excluding diaryl/α,β-unsaturated/α-hetero) is 1. The Morgan fingerprint density at radius 3 is 2.50 bits per heavy atom. The highest BCUT2D eigenvalue weighted by molar-refractivity contribution is 6.03. The summed E-state index contributed by atoms with van der Waals surface area (Å²) in [5.41, 5.74) is -0.00608. The summed E-state index contributed by atoms with van der Waals surface area (Å²) in [6.07, 6.45) is -1.03. The van der Waals surface area contributed by atoms with Crippen LogP contribution in [-0.4, -0.2) is 32.6 Å². The first kappa shape index (κ1) is 14.7. The van der Waals surface area contributed by atoms with Crippen molar-refractivity contribution in [3.8, 4) is 11.5 Å². The lowest BCUT2D eigenvalue weighted by molar-refractivity contribution is 0.0948. The van der Waals surface area contributed by atoms with Crippen molar-refractivity contribution in [2.75, 3.05) is 20.8 Å². The average molecular weight is 285 g/mol. The number of rotatable bonds is 5. The first-order valence-electron chi connectivity index (χ1n) is 6.40. The molecule has 0 aromatic heterocycles. The molecule has 1 N–H and O–H groups in total. The second-order valence-corrected chi connectivity index (χ2v) is 4.61. The number of benzene rings is 1. The second kappa shape index (κ2) is 6.17. The summed E-state index contributed by atoms with van der Waals surface area (Å²) in [4.78, 5) is 12.4. The maximum absolute atomic E-state index is 12.9. The minimum Gasteiger partial charge on any atom is -0.496 e. The van der Waals surface area contributed by atoms with Crippen molar-refractivity contribution < 1.29 is 23.0 Å². The smallest absolute Gasteiger partial charge is 0.267 e. The number of carbonyl (C=O) groups is 1. The van der Waals surface area contributed by atoms with Gasteiger partial charge in [-0.3, -0.25) is 4.79 Å². The van der Waals surface area contributed by atoms with Crippen molar-refractivity contribution in [3.63, 3.8) is 0 Å². The van der Waals surface area contributed by atoms with Gasteiger partial charge in [0.2, 0.25) is 0 Å². The average Bonchev–Trinajstić information content (AvgIpc) is 2.99. The van der Waals surface area contributed by atoms with Crippen molar-refractivity contribution in [3.05, 3.63) is 23.3 Å². The molecule has 0 radical (unpaired) electrons. The minimum absolute atomic E-state index is 0.00199. The second-order valence-electron chi connectivity index (χ2n) is 4.61. The van der Waals surface area contributed by atoms with Crippen LogP contribution in [0.5, 0.6) is 11.5 Å². The molecular formula is C14H17F2NO3. The molecule has 20 heavy (non-hydrogen) atoms. The summed E-state index contributed by atoms with van der Waals surface area (Å²) in [6, 6.07) is 2.22. The predicted octanol–water partition coefficient (Wildman–Crippen LogP) is 2.58. The van der Waals surface area contributed by atoms with Crippen LogP contribution >= 0.6 is 0 Å². The van der Waals surface area contributed by atoms with E-state index in [-0.39, 0.29) is 34.5 Å². The predicted molar refractivity (Wildman–Crippen MR) is 69.9 cm³/mol. The summed E-state index contributed by atoms with van der Waals surface area (Å²) in [6.45, 7) is 0.783. The third-order valence-electron chi connectivity index (χ3n) is 3.43. The van der Waals surface area contributed by atoms with Gasteiger partial charge in [-0.15, -0.1) is 0 Å². The van der Waals surface area contributed by atoms with Crippen molar-refractivity contribution in [2.45, 2.75) is 25.3 Å². The van der Waals surface area contributed by atoms with Gasteiger partial charge in [-0.05, 0) is 31.5 Å². The highest BCUT2D eigenvalue weighted by Gasteiger charge is 2.28. The van der Waals surface area contributed by atoms with Crippen molar-refractivity contribution in [1.82, 2.24) is 5.32 Å². The number of nitrogens with one attached hydrogen (secondary N) is 1. The van der Waals surface area contributed by atoms with Crippen LogP contribution in [0, 0.1) is 0 Å². The number of carbonyl (C=O) groups excluding carboxylic acids is 1. The first-order valence-corrected chi connectivity index (χ1v) is 6.40. The van der Waals surface area contributed by atoms with Gasteiger partial charge in [0.25, 0.3) is 6.43 Å². The molecule has 0 amide bonds. The SMILES string of the molecule is COc1cc(C(F)F)c(OC)cc1C(=O)C1CCCN1. The van der Waals surface area contributed by atoms with Gasteiger partial charge in [-0.1, -0.05) is 0 Å². The van der Waals surface area contributed by atoms with E-state index < -0.39 is 6.43 Å². The zero-order valence-corrected chi connectivity index (χ0v) is 11.4. The van der Waals surface area contributed by atoms with Gasteiger partial charge >= 0.3 is 0 Å². The molecule has 1 fully saturated rings. The van der Waals surface area contributed by atoms with Crippen molar-refractivity contribution >= 4 is 5.78 Å². The fourth-order valence-electron chi connectivity index (χ4n) is 2.38. The van der Waals surface area contributed by atoms with E-state index in [1.165, 1.54) is 26.4 Å². The number of alkyl halides is 2. The fraction of sp³-hybridized carbons (Fsp3) is 0.500. The molecule has 1 saturated heterocycles. The third-order valence-corrected chi connectivity index (χ3v) is 3.43. The Bertz CT molecular complexity index is 499. The van der Waals surface area contributed by atoms with Crippen LogP contribution in [0.25, 0.3) is 0 Å². The molecule has 1 atom stereocenters. The standard InChI is InChI=1S/C14H17F2NO3/c1-19-11-7-9(14(15)16)12(20-2)6-8(11)13(18)10-4-3-5-17-10/h6-7,10,14,17H,3-5H2,1-2H3. The Morgan fingerprint density at radius 1 is 1.30 bits per heavy atom. The monoisotopic (exact) mass is 285 g/mol. The minimum atomic E-state index is -2.69. The Hall–Kier alpha value is -1.69.